The second-order valence-corrected chi connectivity index (χ2v) is 5.95. The summed E-state index contributed by atoms with van der Waals surface area (Å²) in [5.41, 5.74) is 5.95. The van der Waals surface area contributed by atoms with Crippen LogP contribution in [0.15, 0.2) is 47.6 Å². The molecule has 0 radical (unpaired) electrons. The van der Waals surface area contributed by atoms with Gasteiger partial charge in [0, 0.05) is 18.8 Å². The number of phenolic OH excluding ortho intramolecular Hbond substituents is 1. The van der Waals surface area contributed by atoms with E-state index in [-0.39, 0.29) is 11.3 Å². The lowest BCUT2D eigenvalue weighted by Gasteiger charge is -2.18. The Kier molecular flexibility index (Phi) is 4.79. The Morgan fingerprint density at radius 2 is 1.96 bits per heavy atom. The summed E-state index contributed by atoms with van der Waals surface area (Å²) in [7, 11) is 0. The number of hydrogen-bond acceptors (Lipinski definition) is 4. The first-order valence-corrected chi connectivity index (χ1v) is 8.12. The first-order chi connectivity index (χ1) is 11.6. The zero-order chi connectivity index (χ0) is 16.9. The maximum Gasteiger partial charge on any atom is 0.275 e. The Bertz CT molecular complexity index is 765. The van der Waals surface area contributed by atoms with Gasteiger partial charge in [-0.25, -0.2) is 5.43 Å². The SMILES string of the molecule is Cc1cc(N2CCCC2)ccc1C=NNC(=O)c1ccccc1O. The predicted molar refractivity (Wildman–Crippen MR) is 95.8 cm³/mol. The van der Waals surface area contributed by atoms with E-state index in [2.05, 4.69) is 27.6 Å². The largest absolute Gasteiger partial charge is 0.507 e. The Hall–Kier alpha value is -2.82. The number of amides is 1. The van der Waals surface area contributed by atoms with Gasteiger partial charge < -0.3 is 10.0 Å². The molecule has 3 rings (SSSR count). The normalized spacial score (nSPS) is 14.3. The highest BCUT2D eigenvalue weighted by molar-refractivity contribution is 5.97. The number of aryl methyl sites for hydroxylation is 1. The third-order valence-corrected chi connectivity index (χ3v) is 4.24. The molecule has 0 unspecified atom stereocenters. The topological polar surface area (TPSA) is 64.9 Å². The second-order valence-electron chi connectivity index (χ2n) is 5.95. The maximum absolute atomic E-state index is 12.0. The van der Waals surface area contributed by atoms with Crippen LogP contribution in [0.1, 0.15) is 34.3 Å². The number of aromatic hydroxyl groups is 1. The molecule has 1 saturated heterocycles. The smallest absolute Gasteiger partial charge is 0.275 e. The van der Waals surface area contributed by atoms with Gasteiger partial charge in [-0.15, -0.1) is 0 Å². The molecule has 0 saturated carbocycles. The van der Waals surface area contributed by atoms with E-state index in [9.17, 15) is 9.90 Å². The van der Waals surface area contributed by atoms with Gasteiger partial charge in [-0.1, -0.05) is 18.2 Å². The number of carbonyl (C=O) groups is 1. The Balaban J connectivity index is 1.66. The number of nitrogens with one attached hydrogen (secondary N) is 1. The minimum absolute atomic E-state index is 0.0589. The van der Waals surface area contributed by atoms with E-state index in [1.807, 2.05) is 13.0 Å². The van der Waals surface area contributed by atoms with Crippen molar-refractivity contribution in [1.82, 2.24) is 5.43 Å². The van der Waals surface area contributed by atoms with Crippen molar-refractivity contribution < 1.29 is 9.90 Å². The lowest BCUT2D eigenvalue weighted by Crippen LogP contribution is -2.18. The Labute approximate surface area is 141 Å². The molecule has 1 heterocycles. The molecule has 124 valence electrons. The monoisotopic (exact) mass is 323 g/mol. The van der Waals surface area contributed by atoms with Crippen LogP contribution in [0.25, 0.3) is 0 Å². The molecule has 1 amide bonds. The highest BCUT2D eigenvalue weighted by atomic mass is 16.3. The Morgan fingerprint density at radius 1 is 1.21 bits per heavy atom. The van der Waals surface area contributed by atoms with Gasteiger partial charge in [0.15, 0.2) is 0 Å². The fourth-order valence-electron chi connectivity index (χ4n) is 2.86. The number of rotatable bonds is 4. The van der Waals surface area contributed by atoms with Crippen LogP contribution in [0, 0.1) is 6.92 Å². The average molecular weight is 323 g/mol. The molecular formula is C19H21N3O2. The van der Waals surface area contributed by atoms with E-state index in [0.717, 1.165) is 24.2 Å². The summed E-state index contributed by atoms with van der Waals surface area (Å²) in [5.74, 6) is -0.493. The molecule has 0 aliphatic carbocycles. The van der Waals surface area contributed by atoms with E-state index >= 15 is 0 Å². The number of hydrazone groups is 1. The van der Waals surface area contributed by atoms with Gasteiger partial charge in [-0.05, 0) is 55.2 Å². The third kappa shape index (κ3) is 3.56. The summed E-state index contributed by atoms with van der Waals surface area (Å²) in [6.45, 7) is 4.26. The van der Waals surface area contributed by atoms with Crippen LogP contribution in [0.5, 0.6) is 5.75 Å². The molecule has 1 aliphatic heterocycles. The molecule has 0 bridgehead atoms. The molecule has 0 aromatic heterocycles. The van der Waals surface area contributed by atoms with Crippen molar-refractivity contribution in [3.63, 3.8) is 0 Å². The fraction of sp³-hybridized carbons (Fsp3) is 0.263. The van der Waals surface area contributed by atoms with Gasteiger partial charge in [-0.3, -0.25) is 4.79 Å². The quantitative estimate of drug-likeness (QED) is 0.671. The van der Waals surface area contributed by atoms with Crippen LogP contribution < -0.4 is 10.3 Å². The number of hydrogen-bond donors (Lipinski definition) is 2. The lowest BCUT2D eigenvalue weighted by atomic mass is 10.1. The summed E-state index contributed by atoms with van der Waals surface area (Å²) < 4.78 is 0. The molecule has 0 spiro atoms. The second kappa shape index (κ2) is 7.17. The van der Waals surface area contributed by atoms with Crippen molar-refractivity contribution in [3.8, 4) is 5.75 Å². The van der Waals surface area contributed by atoms with Gasteiger partial charge >= 0.3 is 0 Å². The molecule has 2 aromatic carbocycles. The summed E-state index contributed by atoms with van der Waals surface area (Å²) in [5, 5.41) is 13.7. The van der Waals surface area contributed by atoms with E-state index < -0.39 is 5.91 Å². The number of phenols is 1. The molecule has 1 fully saturated rings. The number of nitrogens with zero attached hydrogens (tertiary/aromatic N) is 2. The van der Waals surface area contributed by atoms with Crippen molar-refractivity contribution >= 4 is 17.8 Å². The van der Waals surface area contributed by atoms with Gasteiger partial charge in [-0.2, -0.15) is 5.10 Å². The van der Waals surface area contributed by atoms with Gasteiger partial charge in [0.25, 0.3) is 5.91 Å². The van der Waals surface area contributed by atoms with Crippen LogP contribution in [-0.4, -0.2) is 30.3 Å². The molecule has 5 nitrogen and oxygen atoms in total. The molecular weight excluding hydrogens is 302 g/mol. The standard InChI is InChI=1S/C19H21N3O2/c1-14-12-16(22-10-4-5-11-22)9-8-15(14)13-20-21-19(24)17-6-2-3-7-18(17)23/h2-3,6-9,12-13,23H,4-5,10-11H2,1H3,(H,21,24). The van der Waals surface area contributed by atoms with Crippen molar-refractivity contribution in [2.45, 2.75) is 19.8 Å². The summed E-state index contributed by atoms with van der Waals surface area (Å²) in [6.07, 6.45) is 4.13. The molecule has 5 heteroatoms. The fourth-order valence-corrected chi connectivity index (χ4v) is 2.86. The molecule has 1 aliphatic rings. The van der Waals surface area contributed by atoms with Gasteiger partial charge in [0.05, 0.1) is 11.8 Å². The zero-order valence-electron chi connectivity index (χ0n) is 13.7. The summed E-state index contributed by atoms with van der Waals surface area (Å²) in [6, 6.07) is 12.6. The van der Waals surface area contributed by atoms with Crippen LogP contribution in [0.4, 0.5) is 5.69 Å². The molecule has 24 heavy (non-hydrogen) atoms. The molecule has 2 aromatic rings. The van der Waals surface area contributed by atoms with Gasteiger partial charge in [0.2, 0.25) is 0 Å². The van der Waals surface area contributed by atoms with Crippen LogP contribution >= 0.6 is 0 Å². The van der Waals surface area contributed by atoms with Crippen LogP contribution in [0.3, 0.4) is 0 Å². The molecule has 2 N–H and O–H groups in total. The first kappa shape index (κ1) is 16.1. The molecule has 0 atom stereocenters. The minimum atomic E-state index is -0.435. The van der Waals surface area contributed by atoms with Crippen molar-refractivity contribution in [1.29, 1.82) is 0 Å². The van der Waals surface area contributed by atoms with Crippen molar-refractivity contribution in [2.75, 3.05) is 18.0 Å². The Morgan fingerprint density at radius 3 is 2.67 bits per heavy atom. The predicted octanol–water partition coefficient (Wildman–Crippen LogP) is 3.06. The minimum Gasteiger partial charge on any atom is -0.507 e. The first-order valence-electron chi connectivity index (χ1n) is 8.12. The number of carbonyl (C=O) groups excluding carboxylic acids is 1. The third-order valence-electron chi connectivity index (χ3n) is 4.24. The van der Waals surface area contributed by atoms with E-state index in [1.54, 1.807) is 24.4 Å². The van der Waals surface area contributed by atoms with E-state index in [0.29, 0.717) is 0 Å². The van der Waals surface area contributed by atoms with Crippen molar-refractivity contribution in [2.24, 2.45) is 5.10 Å². The van der Waals surface area contributed by atoms with Crippen LogP contribution in [-0.2, 0) is 0 Å². The van der Waals surface area contributed by atoms with Crippen molar-refractivity contribution in [3.05, 3.63) is 59.2 Å². The maximum atomic E-state index is 12.0. The summed E-state index contributed by atoms with van der Waals surface area (Å²) >= 11 is 0. The number of benzene rings is 2. The number of anilines is 1. The highest BCUT2D eigenvalue weighted by Crippen LogP contribution is 2.22. The zero-order valence-corrected chi connectivity index (χ0v) is 13.7. The van der Waals surface area contributed by atoms with E-state index in [4.69, 9.17) is 0 Å². The highest BCUT2D eigenvalue weighted by Gasteiger charge is 2.13. The lowest BCUT2D eigenvalue weighted by molar-refractivity contribution is 0.0952. The van der Waals surface area contributed by atoms with Gasteiger partial charge in [0.1, 0.15) is 5.75 Å². The number of para-hydroxylation sites is 1. The van der Waals surface area contributed by atoms with E-state index in [1.165, 1.54) is 24.6 Å². The van der Waals surface area contributed by atoms with Crippen LogP contribution in [0.2, 0.25) is 0 Å². The summed E-state index contributed by atoms with van der Waals surface area (Å²) in [4.78, 5) is 14.4. The average Bonchev–Trinajstić information content (AvgIpc) is 3.11.